The highest BCUT2D eigenvalue weighted by molar-refractivity contribution is 5.81. The van der Waals surface area contributed by atoms with Crippen LogP contribution in [0.3, 0.4) is 0 Å². The molecule has 3 rings (SSSR count). The molecule has 1 aromatic carbocycles. The van der Waals surface area contributed by atoms with Crippen LogP contribution in [0.4, 0.5) is 0 Å². The summed E-state index contributed by atoms with van der Waals surface area (Å²) in [6, 6.07) is 11.4. The lowest BCUT2D eigenvalue weighted by Crippen LogP contribution is -2.17. The van der Waals surface area contributed by atoms with Gasteiger partial charge in [0.1, 0.15) is 0 Å². The molecule has 114 valence electrons. The molecule has 0 spiro atoms. The maximum atomic E-state index is 2.61. The van der Waals surface area contributed by atoms with E-state index in [0.29, 0.717) is 0 Å². The fourth-order valence-electron chi connectivity index (χ4n) is 3.76. The maximum absolute atomic E-state index is 2.61. The molecule has 2 heteroatoms. The summed E-state index contributed by atoms with van der Waals surface area (Å²) in [5.74, 6) is 0.783. The first kappa shape index (κ1) is 14.6. The minimum Gasteiger partial charge on any atom is -0.344 e. The van der Waals surface area contributed by atoms with Crippen molar-refractivity contribution in [3.8, 4) is 0 Å². The largest absolute Gasteiger partial charge is 0.344 e. The molecule has 0 N–H and O–H groups in total. The zero-order chi connectivity index (χ0) is 14.7. The number of para-hydroxylation sites is 1. The van der Waals surface area contributed by atoms with Crippen LogP contribution >= 0.6 is 0 Å². The third kappa shape index (κ3) is 3.32. The van der Waals surface area contributed by atoms with Crippen LogP contribution in [0.15, 0.2) is 30.3 Å². The average molecular weight is 284 g/mol. The summed E-state index contributed by atoms with van der Waals surface area (Å²) >= 11 is 0. The van der Waals surface area contributed by atoms with Crippen LogP contribution in [-0.4, -0.2) is 30.1 Å². The van der Waals surface area contributed by atoms with Crippen molar-refractivity contribution in [1.29, 1.82) is 0 Å². The van der Waals surface area contributed by atoms with Gasteiger partial charge in [0.15, 0.2) is 0 Å². The van der Waals surface area contributed by atoms with Gasteiger partial charge in [0.2, 0.25) is 0 Å². The molecule has 0 aliphatic heterocycles. The van der Waals surface area contributed by atoms with Crippen molar-refractivity contribution in [2.45, 2.75) is 51.0 Å². The Hall–Kier alpha value is -1.28. The lowest BCUT2D eigenvalue weighted by atomic mass is 9.87. The van der Waals surface area contributed by atoms with Gasteiger partial charge in [-0.3, -0.25) is 0 Å². The monoisotopic (exact) mass is 284 g/mol. The predicted octanol–water partition coefficient (Wildman–Crippen LogP) is 4.64. The Balaban J connectivity index is 1.89. The van der Waals surface area contributed by atoms with Crippen molar-refractivity contribution >= 4 is 10.9 Å². The second-order valence-electron chi connectivity index (χ2n) is 6.77. The zero-order valence-electron chi connectivity index (χ0n) is 13.5. The second-order valence-corrected chi connectivity index (χ2v) is 6.77. The van der Waals surface area contributed by atoms with Gasteiger partial charge in [-0.1, -0.05) is 37.5 Å². The van der Waals surface area contributed by atoms with E-state index >= 15 is 0 Å². The number of nitrogens with zero attached hydrogens (tertiary/aromatic N) is 2. The van der Waals surface area contributed by atoms with Crippen molar-refractivity contribution in [3.05, 3.63) is 36.0 Å². The summed E-state index contributed by atoms with van der Waals surface area (Å²) in [6.45, 7) is 2.31. The Labute approximate surface area is 128 Å². The minimum absolute atomic E-state index is 0.783. The zero-order valence-corrected chi connectivity index (χ0v) is 13.5. The molecule has 0 radical (unpaired) electrons. The summed E-state index contributed by atoms with van der Waals surface area (Å²) in [7, 11) is 4.33. The number of rotatable bonds is 5. The van der Waals surface area contributed by atoms with E-state index in [2.05, 4.69) is 53.9 Å². The molecular weight excluding hydrogens is 256 g/mol. The van der Waals surface area contributed by atoms with Crippen LogP contribution in [0.2, 0.25) is 0 Å². The van der Waals surface area contributed by atoms with E-state index in [4.69, 9.17) is 0 Å². The molecule has 0 unspecified atom stereocenters. The van der Waals surface area contributed by atoms with Crippen molar-refractivity contribution in [1.82, 2.24) is 9.47 Å². The van der Waals surface area contributed by atoms with Gasteiger partial charge in [0.25, 0.3) is 0 Å². The smallest absolute Gasteiger partial charge is 0.0482 e. The van der Waals surface area contributed by atoms with Crippen molar-refractivity contribution in [2.75, 3.05) is 20.6 Å². The van der Waals surface area contributed by atoms with E-state index in [-0.39, 0.29) is 0 Å². The van der Waals surface area contributed by atoms with Crippen LogP contribution in [0.1, 0.15) is 50.1 Å². The molecule has 2 nitrogen and oxygen atoms in total. The quantitative estimate of drug-likeness (QED) is 0.776. The molecule has 0 amide bonds. The van der Waals surface area contributed by atoms with Crippen LogP contribution in [0, 0.1) is 0 Å². The SMILES string of the molecule is CN(C)CCCn1c(C2CCCCC2)cc2ccccc21. The molecule has 2 aromatic rings. The predicted molar refractivity (Wildman–Crippen MR) is 90.9 cm³/mol. The molecule has 1 aliphatic rings. The Morgan fingerprint density at radius 1 is 1.10 bits per heavy atom. The summed E-state index contributed by atoms with van der Waals surface area (Å²) < 4.78 is 2.61. The minimum atomic E-state index is 0.783. The van der Waals surface area contributed by atoms with Crippen molar-refractivity contribution in [3.63, 3.8) is 0 Å². The molecule has 1 aromatic heterocycles. The molecule has 0 bridgehead atoms. The van der Waals surface area contributed by atoms with E-state index in [0.717, 1.165) is 19.0 Å². The molecule has 21 heavy (non-hydrogen) atoms. The maximum Gasteiger partial charge on any atom is 0.0482 e. The Bertz CT molecular complexity index is 576. The Morgan fingerprint density at radius 2 is 1.86 bits per heavy atom. The van der Waals surface area contributed by atoms with Crippen molar-refractivity contribution in [2.24, 2.45) is 0 Å². The molecule has 1 heterocycles. The van der Waals surface area contributed by atoms with Crippen LogP contribution in [-0.2, 0) is 6.54 Å². The van der Waals surface area contributed by atoms with Gasteiger partial charge in [-0.05, 0) is 63.3 Å². The first-order chi connectivity index (χ1) is 10.3. The topological polar surface area (TPSA) is 8.17 Å². The normalized spacial score (nSPS) is 16.9. The highest BCUT2D eigenvalue weighted by Crippen LogP contribution is 2.35. The van der Waals surface area contributed by atoms with Gasteiger partial charge >= 0.3 is 0 Å². The third-order valence-corrected chi connectivity index (χ3v) is 4.85. The second kappa shape index (κ2) is 6.65. The molecule has 1 aliphatic carbocycles. The summed E-state index contributed by atoms with van der Waals surface area (Å²) in [5, 5.41) is 1.42. The number of aryl methyl sites for hydroxylation is 1. The lowest BCUT2D eigenvalue weighted by molar-refractivity contribution is 0.379. The highest BCUT2D eigenvalue weighted by atomic mass is 15.1. The fraction of sp³-hybridized carbons (Fsp3) is 0.579. The lowest BCUT2D eigenvalue weighted by Gasteiger charge is -2.24. The van der Waals surface area contributed by atoms with Gasteiger partial charge in [0.05, 0.1) is 0 Å². The number of hydrogen-bond donors (Lipinski definition) is 0. The van der Waals surface area contributed by atoms with Crippen LogP contribution in [0.25, 0.3) is 10.9 Å². The summed E-state index contributed by atoms with van der Waals surface area (Å²) in [4.78, 5) is 2.28. The molecular formula is C19H28N2. The van der Waals surface area contributed by atoms with Crippen LogP contribution in [0.5, 0.6) is 0 Å². The van der Waals surface area contributed by atoms with Gasteiger partial charge < -0.3 is 9.47 Å². The van der Waals surface area contributed by atoms with Gasteiger partial charge in [-0.2, -0.15) is 0 Å². The van der Waals surface area contributed by atoms with Gasteiger partial charge in [-0.15, -0.1) is 0 Å². The van der Waals surface area contributed by atoms with E-state index in [1.165, 1.54) is 49.4 Å². The van der Waals surface area contributed by atoms with E-state index in [1.54, 1.807) is 5.69 Å². The van der Waals surface area contributed by atoms with Gasteiger partial charge in [-0.25, -0.2) is 0 Å². The Kier molecular flexibility index (Phi) is 4.64. The van der Waals surface area contributed by atoms with Gasteiger partial charge in [0, 0.05) is 17.8 Å². The highest BCUT2D eigenvalue weighted by Gasteiger charge is 2.20. The Morgan fingerprint density at radius 3 is 2.62 bits per heavy atom. The average Bonchev–Trinajstić information content (AvgIpc) is 2.87. The summed E-state index contributed by atoms with van der Waals surface area (Å²) in [5.41, 5.74) is 3.02. The first-order valence-corrected chi connectivity index (χ1v) is 8.48. The number of benzene rings is 1. The number of fused-ring (bicyclic) bond motifs is 1. The standard InChI is InChI=1S/C19H28N2/c1-20(2)13-8-14-21-18-12-7-6-11-17(18)15-19(21)16-9-4-3-5-10-16/h6-7,11-12,15-16H,3-5,8-10,13-14H2,1-2H3. The third-order valence-electron chi connectivity index (χ3n) is 4.85. The van der Waals surface area contributed by atoms with E-state index in [9.17, 15) is 0 Å². The fourth-order valence-corrected chi connectivity index (χ4v) is 3.76. The van der Waals surface area contributed by atoms with Crippen LogP contribution < -0.4 is 0 Å². The number of hydrogen-bond acceptors (Lipinski definition) is 1. The molecule has 0 saturated heterocycles. The van der Waals surface area contributed by atoms with E-state index < -0.39 is 0 Å². The molecule has 1 saturated carbocycles. The summed E-state index contributed by atoms with van der Waals surface area (Å²) in [6.07, 6.45) is 8.23. The molecule has 0 atom stereocenters. The van der Waals surface area contributed by atoms with Crippen molar-refractivity contribution < 1.29 is 0 Å². The van der Waals surface area contributed by atoms with E-state index in [1.807, 2.05) is 0 Å². The number of aromatic nitrogens is 1. The first-order valence-electron chi connectivity index (χ1n) is 8.48. The molecule has 1 fully saturated rings.